The highest BCUT2D eigenvalue weighted by Gasteiger charge is 2.42. The number of carbonyl (C=O) groups is 6. The molecule has 2 saturated heterocycles. The van der Waals surface area contributed by atoms with Crippen LogP contribution in [0, 0.1) is 12.3 Å². The third-order valence-electron chi connectivity index (χ3n) is 8.33. The number of fused-ring (bicyclic) bond motifs is 1. The van der Waals surface area contributed by atoms with Crippen LogP contribution in [0.25, 0.3) is 10.4 Å². The minimum Gasteiger partial charge on any atom is -0.355 e. The summed E-state index contributed by atoms with van der Waals surface area (Å²) in [6.45, 7) is 7.56. The van der Waals surface area contributed by atoms with Gasteiger partial charge in [0, 0.05) is 19.5 Å². The molecule has 1 aromatic carbocycles. The molecule has 5 N–H and O–H groups in total. The number of rotatable bonds is 2. The molecule has 4 rings (SSSR count). The SMILES string of the molecule is Cc1ncsc1-c1ccc([C@H]2NC(=O)[C@@H]3CCCN3C(=O)[C@H](C(C)(C)C)NC(=O)CCCCCNC(=O)CNC(=O)CNC2=O)cc1. The molecule has 47 heavy (non-hydrogen) atoms. The fourth-order valence-electron chi connectivity index (χ4n) is 5.68. The maximum Gasteiger partial charge on any atom is 0.247 e. The van der Waals surface area contributed by atoms with Crippen LogP contribution < -0.4 is 26.6 Å². The van der Waals surface area contributed by atoms with Crippen LogP contribution in [0.1, 0.15) is 76.6 Å². The minimum atomic E-state index is -1.18. The van der Waals surface area contributed by atoms with Crippen LogP contribution in [0.3, 0.4) is 0 Å². The van der Waals surface area contributed by atoms with Gasteiger partial charge in [0.2, 0.25) is 35.4 Å². The van der Waals surface area contributed by atoms with E-state index < -0.39 is 47.8 Å². The number of hydrogen-bond acceptors (Lipinski definition) is 8. The van der Waals surface area contributed by atoms with E-state index in [4.69, 9.17) is 0 Å². The van der Waals surface area contributed by atoms with Gasteiger partial charge in [-0.2, -0.15) is 0 Å². The summed E-state index contributed by atoms with van der Waals surface area (Å²) in [5.41, 5.74) is 3.38. The molecule has 2 aliphatic heterocycles. The molecule has 13 nitrogen and oxygen atoms in total. The lowest BCUT2D eigenvalue weighted by atomic mass is 9.85. The predicted octanol–water partition coefficient (Wildman–Crippen LogP) is 1.72. The van der Waals surface area contributed by atoms with E-state index in [-0.39, 0.29) is 30.7 Å². The lowest BCUT2D eigenvalue weighted by Gasteiger charge is -2.35. The van der Waals surface area contributed by atoms with E-state index in [1.54, 1.807) is 17.6 Å². The summed E-state index contributed by atoms with van der Waals surface area (Å²) >= 11 is 1.49. The summed E-state index contributed by atoms with van der Waals surface area (Å²) in [5, 5.41) is 13.5. The van der Waals surface area contributed by atoms with Crippen molar-refractivity contribution in [1.82, 2.24) is 36.5 Å². The molecule has 2 aliphatic rings. The molecule has 0 radical (unpaired) electrons. The van der Waals surface area contributed by atoms with Crippen LogP contribution in [-0.2, 0) is 28.8 Å². The third kappa shape index (κ3) is 9.60. The molecule has 3 heterocycles. The first kappa shape index (κ1) is 35.5. The Kier molecular flexibility index (Phi) is 12.1. The van der Waals surface area contributed by atoms with Gasteiger partial charge in [-0.1, -0.05) is 51.5 Å². The highest BCUT2D eigenvalue weighted by Crippen LogP contribution is 2.29. The number of hydrogen-bond donors (Lipinski definition) is 5. The van der Waals surface area contributed by atoms with Crippen LogP contribution >= 0.6 is 11.3 Å². The van der Waals surface area contributed by atoms with E-state index in [1.165, 1.54) is 16.2 Å². The lowest BCUT2D eigenvalue weighted by molar-refractivity contribution is -0.144. The molecule has 6 amide bonds. The summed E-state index contributed by atoms with van der Waals surface area (Å²) in [7, 11) is 0. The van der Waals surface area contributed by atoms with Gasteiger partial charge in [-0.25, -0.2) is 4.98 Å². The molecule has 2 aromatic rings. The van der Waals surface area contributed by atoms with Crippen molar-refractivity contribution in [3.05, 3.63) is 41.0 Å². The number of benzene rings is 1. The van der Waals surface area contributed by atoms with Crippen molar-refractivity contribution in [2.75, 3.05) is 26.2 Å². The van der Waals surface area contributed by atoms with Gasteiger partial charge in [-0.3, -0.25) is 28.8 Å². The van der Waals surface area contributed by atoms with Gasteiger partial charge >= 0.3 is 0 Å². The normalized spacial score (nSPS) is 23.3. The second-order valence-electron chi connectivity index (χ2n) is 13.0. The summed E-state index contributed by atoms with van der Waals surface area (Å²) in [6, 6.07) is 4.25. The quantitative estimate of drug-likeness (QED) is 0.324. The Morgan fingerprint density at radius 3 is 2.19 bits per heavy atom. The summed E-state index contributed by atoms with van der Waals surface area (Å²) in [5.74, 6) is -2.70. The number of carbonyl (C=O) groups excluding carboxylic acids is 6. The number of aryl methyl sites for hydroxylation is 1. The van der Waals surface area contributed by atoms with E-state index in [0.29, 0.717) is 50.8 Å². The third-order valence-corrected chi connectivity index (χ3v) is 9.31. The molecule has 254 valence electrons. The van der Waals surface area contributed by atoms with Gasteiger partial charge < -0.3 is 31.5 Å². The smallest absolute Gasteiger partial charge is 0.247 e. The number of aromatic nitrogens is 1. The fourth-order valence-corrected chi connectivity index (χ4v) is 6.50. The monoisotopic (exact) mass is 667 g/mol. The first-order chi connectivity index (χ1) is 22.3. The Balaban J connectivity index is 1.60. The number of nitrogens with one attached hydrogen (secondary N) is 5. The van der Waals surface area contributed by atoms with Crippen LogP contribution in [-0.4, -0.2) is 83.6 Å². The highest BCUT2D eigenvalue weighted by atomic mass is 32.1. The van der Waals surface area contributed by atoms with Gasteiger partial charge in [-0.05, 0) is 49.1 Å². The van der Waals surface area contributed by atoms with Crippen molar-refractivity contribution in [1.29, 1.82) is 0 Å². The molecule has 2 fully saturated rings. The molecule has 0 saturated carbocycles. The zero-order valence-electron chi connectivity index (χ0n) is 27.4. The van der Waals surface area contributed by atoms with Gasteiger partial charge in [0.25, 0.3) is 0 Å². The Morgan fingerprint density at radius 1 is 0.809 bits per heavy atom. The van der Waals surface area contributed by atoms with Gasteiger partial charge in [0.1, 0.15) is 18.1 Å². The molecule has 0 bridgehead atoms. The standard InChI is InChI=1S/C33H45N7O6S/c1-20-28(47-19-37-20)22-13-11-21(12-14-22)27-31(45)36-18-26(43)35-17-25(42)34-15-7-5-6-10-24(41)38-29(33(2,3)4)32(46)40-16-8-9-23(40)30(44)39-27/h11-14,19,23,27,29H,5-10,15-18H2,1-4H3,(H,34,42)(H,35,43)(H,36,45)(H,38,41)(H,39,44)/t23-,27+,29+/m0/s1. The zero-order valence-corrected chi connectivity index (χ0v) is 28.3. The van der Waals surface area contributed by atoms with Crippen molar-refractivity contribution >= 4 is 46.8 Å². The topological polar surface area (TPSA) is 179 Å². The second kappa shape index (κ2) is 16.0. The summed E-state index contributed by atoms with van der Waals surface area (Å²) in [4.78, 5) is 85.7. The van der Waals surface area contributed by atoms with Crippen LogP contribution in [0.15, 0.2) is 29.8 Å². The molecule has 0 spiro atoms. The van der Waals surface area contributed by atoms with Crippen LogP contribution in [0.2, 0.25) is 0 Å². The summed E-state index contributed by atoms with van der Waals surface area (Å²) in [6.07, 6.45) is 3.09. The fraction of sp³-hybridized carbons (Fsp3) is 0.545. The van der Waals surface area contributed by atoms with Crippen LogP contribution in [0.4, 0.5) is 0 Å². The van der Waals surface area contributed by atoms with E-state index in [0.717, 1.165) is 16.1 Å². The molecule has 0 unspecified atom stereocenters. The van der Waals surface area contributed by atoms with E-state index in [2.05, 4.69) is 31.6 Å². The van der Waals surface area contributed by atoms with Gasteiger partial charge in [-0.15, -0.1) is 11.3 Å². The molecule has 0 aliphatic carbocycles. The number of amides is 6. The molecule has 3 atom stereocenters. The minimum absolute atomic E-state index is 0.214. The maximum absolute atomic E-state index is 13.9. The Morgan fingerprint density at radius 2 is 1.51 bits per heavy atom. The summed E-state index contributed by atoms with van der Waals surface area (Å²) < 4.78 is 0. The number of nitrogens with zero attached hydrogens (tertiary/aromatic N) is 2. The zero-order chi connectivity index (χ0) is 34.1. The van der Waals surface area contributed by atoms with Gasteiger partial charge in [0.05, 0.1) is 29.2 Å². The second-order valence-corrected chi connectivity index (χ2v) is 13.9. The lowest BCUT2D eigenvalue weighted by Crippen LogP contribution is -2.58. The largest absolute Gasteiger partial charge is 0.355 e. The highest BCUT2D eigenvalue weighted by molar-refractivity contribution is 7.13. The van der Waals surface area contributed by atoms with E-state index in [9.17, 15) is 28.8 Å². The molecular formula is C33H45N7O6S. The van der Waals surface area contributed by atoms with Crippen molar-refractivity contribution < 1.29 is 28.8 Å². The number of thiazole rings is 1. The van der Waals surface area contributed by atoms with E-state index in [1.807, 2.05) is 39.8 Å². The molecule has 1 aromatic heterocycles. The van der Waals surface area contributed by atoms with Gasteiger partial charge in [0.15, 0.2) is 0 Å². The molecular weight excluding hydrogens is 622 g/mol. The van der Waals surface area contributed by atoms with Crippen LogP contribution in [0.5, 0.6) is 0 Å². The van der Waals surface area contributed by atoms with Crippen molar-refractivity contribution in [3.63, 3.8) is 0 Å². The first-order valence-electron chi connectivity index (χ1n) is 16.1. The average molecular weight is 668 g/mol. The van der Waals surface area contributed by atoms with Crippen molar-refractivity contribution in [3.8, 4) is 10.4 Å². The predicted molar refractivity (Wildman–Crippen MR) is 177 cm³/mol. The van der Waals surface area contributed by atoms with Crippen molar-refractivity contribution in [2.24, 2.45) is 5.41 Å². The molecule has 14 heteroatoms. The average Bonchev–Trinajstić information content (AvgIpc) is 3.70. The maximum atomic E-state index is 13.9. The Labute approximate surface area is 279 Å². The van der Waals surface area contributed by atoms with Crippen molar-refractivity contribution in [2.45, 2.75) is 84.3 Å². The van der Waals surface area contributed by atoms with E-state index >= 15 is 0 Å². The Bertz CT molecular complexity index is 1470. The first-order valence-corrected chi connectivity index (χ1v) is 16.9. The Hall–Kier alpha value is -4.33.